The summed E-state index contributed by atoms with van der Waals surface area (Å²) in [7, 11) is -3.57. The molecule has 0 saturated carbocycles. The second-order valence-corrected chi connectivity index (χ2v) is 5.74. The SMILES string of the molecule is CCCCNC(=S)NNS(=O)(=O)c1ccccc1. The number of sulfonamides is 1. The van der Waals surface area contributed by atoms with E-state index in [2.05, 4.69) is 22.5 Å². The van der Waals surface area contributed by atoms with Gasteiger partial charge in [0.25, 0.3) is 10.0 Å². The van der Waals surface area contributed by atoms with Crippen LogP contribution in [-0.2, 0) is 10.0 Å². The molecular formula is C11H17N3O2S2. The lowest BCUT2D eigenvalue weighted by atomic mass is 10.3. The van der Waals surface area contributed by atoms with E-state index in [4.69, 9.17) is 12.2 Å². The predicted molar refractivity (Wildman–Crippen MR) is 75.4 cm³/mol. The van der Waals surface area contributed by atoms with Crippen molar-refractivity contribution < 1.29 is 8.42 Å². The molecule has 0 saturated heterocycles. The number of rotatable bonds is 6. The van der Waals surface area contributed by atoms with Crippen LogP contribution in [0.15, 0.2) is 35.2 Å². The maximum Gasteiger partial charge on any atom is 0.257 e. The summed E-state index contributed by atoms with van der Waals surface area (Å²) in [6, 6.07) is 8.09. The maximum absolute atomic E-state index is 11.8. The van der Waals surface area contributed by atoms with E-state index in [0.29, 0.717) is 0 Å². The number of benzene rings is 1. The minimum Gasteiger partial charge on any atom is -0.362 e. The first-order valence-corrected chi connectivity index (χ1v) is 7.56. The zero-order valence-electron chi connectivity index (χ0n) is 10.1. The third kappa shape index (κ3) is 4.99. The van der Waals surface area contributed by atoms with E-state index in [0.717, 1.165) is 19.4 Å². The molecule has 0 radical (unpaired) electrons. The molecule has 0 aliphatic rings. The summed E-state index contributed by atoms with van der Waals surface area (Å²) in [5.41, 5.74) is 2.46. The van der Waals surface area contributed by atoms with Gasteiger partial charge in [0.2, 0.25) is 0 Å². The van der Waals surface area contributed by atoms with Crippen LogP contribution < -0.4 is 15.6 Å². The van der Waals surface area contributed by atoms with E-state index < -0.39 is 10.0 Å². The van der Waals surface area contributed by atoms with Gasteiger partial charge in [0.05, 0.1) is 4.90 Å². The van der Waals surface area contributed by atoms with Crippen molar-refractivity contribution in [3.63, 3.8) is 0 Å². The molecule has 0 fully saturated rings. The van der Waals surface area contributed by atoms with Gasteiger partial charge in [-0.1, -0.05) is 31.5 Å². The topological polar surface area (TPSA) is 70.2 Å². The van der Waals surface area contributed by atoms with Crippen LogP contribution in [0.2, 0.25) is 0 Å². The van der Waals surface area contributed by atoms with Crippen LogP contribution in [0.1, 0.15) is 19.8 Å². The standard InChI is InChI=1S/C11H17N3O2S2/c1-2-3-9-12-11(17)13-14-18(15,16)10-7-5-4-6-8-10/h4-8,14H,2-3,9H2,1H3,(H2,12,13,17). The van der Waals surface area contributed by atoms with Crippen LogP contribution in [0.3, 0.4) is 0 Å². The van der Waals surface area contributed by atoms with Gasteiger partial charge in [-0.15, -0.1) is 4.83 Å². The number of hydrogen-bond donors (Lipinski definition) is 3. The molecular weight excluding hydrogens is 270 g/mol. The number of hydrazine groups is 1. The molecule has 1 rings (SSSR count). The lowest BCUT2D eigenvalue weighted by molar-refractivity contribution is 0.576. The van der Waals surface area contributed by atoms with Gasteiger partial charge in [-0.25, -0.2) is 8.42 Å². The average molecular weight is 287 g/mol. The number of nitrogens with one attached hydrogen (secondary N) is 3. The highest BCUT2D eigenvalue weighted by atomic mass is 32.2. The fraction of sp³-hybridized carbons (Fsp3) is 0.364. The summed E-state index contributed by atoms with van der Waals surface area (Å²) in [6.45, 7) is 2.78. The van der Waals surface area contributed by atoms with Gasteiger partial charge < -0.3 is 5.32 Å². The lowest BCUT2D eigenvalue weighted by Crippen LogP contribution is -2.46. The molecule has 1 aromatic carbocycles. The van der Waals surface area contributed by atoms with Crippen molar-refractivity contribution in [2.24, 2.45) is 0 Å². The first kappa shape index (κ1) is 14.9. The summed E-state index contributed by atoms with van der Waals surface area (Å²) in [4.78, 5) is 2.41. The first-order valence-electron chi connectivity index (χ1n) is 5.67. The van der Waals surface area contributed by atoms with Crippen molar-refractivity contribution >= 4 is 27.4 Å². The van der Waals surface area contributed by atoms with Gasteiger partial charge in [0, 0.05) is 6.54 Å². The van der Waals surface area contributed by atoms with Crippen molar-refractivity contribution in [2.45, 2.75) is 24.7 Å². The van der Waals surface area contributed by atoms with E-state index in [9.17, 15) is 8.42 Å². The number of unbranched alkanes of at least 4 members (excludes halogenated alkanes) is 1. The normalized spacial score (nSPS) is 10.9. The molecule has 0 amide bonds. The molecule has 100 valence electrons. The number of hydrogen-bond acceptors (Lipinski definition) is 3. The smallest absolute Gasteiger partial charge is 0.257 e. The molecule has 0 bridgehead atoms. The Morgan fingerprint density at radius 2 is 1.94 bits per heavy atom. The van der Waals surface area contributed by atoms with Gasteiger partial charge in [-0.3, -0.25) is 5.43 Å². The molecule has 5 nitrogen and oxygen atoms in total. The zero-order chi connectivity index (χ0) is 13.4. The Bertz CT molecular complexity index is 474. The quantitative estimate of drug-likeness (QED) is 0.416. The van der Waals surface area contributed by atoms with Crippen LogP contribution in [0, 0.1) is 0 Å². The second-order valence-electron chi connectivity index (χ2n) is 3.65. The summed E-state index contributed by atoms with van der Waals surface area (Å²) in [6.07, 6.45) is 2.03. The zero-order valence-corrected chi connectivity index (χ0v) is 11.8. The van der Waals surface area contributed by atoms with Crippen molar-refractivity contribution in [3.8, 4) is 0 Å². The van der Waals surface area contributed by atoms with Gasteiger partial charge >= 0.3 is 0 Å². The molecule has 1 aromatic rings. The molecule has 0 spiro atoms. The van der Waals surface area contributed by atoms with Crippen LogP contribution >= 0.6 is 12.2 Å². The van der Waals surface area contributed by atoms with Crippen molar-refractivity contribution in [1.29, 1.82) is 0 Å². The van der Waals surface area contributed by atoms with E-state index in [1.807, 2.05) is 0 Å². The van der Waals surface area contributed by atoms with Crippen molar-refractivity contribution in [1.82, 2.24) is 15.6 Å². The predicted octanol–water partition coefficient (Wildman–Crippen LogP) is 1.14. The molecule has 18 heavy (non-hydrogen) atoms. The molecule has 0 atom stereocenters. The largest absolute Gasteiger partial charge is 0.362 e. The number of thiocarbonyl (C=S) groups is 1. The first-order chi connectivity index (χ1) is 8.56. The van der Waals surface area contributed by atoms with Crippen LogP contribution in [0.25, 0.3) is 0 Å². The molecule has 3 N–H and O–H groups in total. The second kappa shape index (κ2) is 7.30. The molecule has 0 aliphatic heterocycles. The van der Waals surface area contributed by atoms with E-state index in [1.54, 1.807) is 18.2 Å². The summed E-state index contributed by atoms with van der Waals surface area (Å²) < 4.78 is 23.6. The van der Waals surface area contributed by atoms with E-state index >= 15 is 0 Å². The van der Waals surface area contributed by atoms with Gasteiger partial charge in [-0.05, 0) is 30.8 Å². The fourth-order valence-corrected chi connectivity index (χ4v) is 2.28. The molecule has 0 heterocycles. The highest BCUT2D eigenvalue weighted by molar-refractivity contribution is 7.89. The average Bonchev–Trinajstić information content (AvgIpc) is 2.38. The van der Waals surface area contributed by atoms with Gasteiger partial charge in [-0.2, -0.15) is 0 Å². The third-order valence-corrected chi connectivity index (χ3v) is 3.68. The lowest BCUT2D eigenvalue weighted by Gasteiger charge is -2.11. The Labute approximate surface area is 113 Å². The molecule has 7 heteroatoms. The Morgan fingerprint density at radius 3 is 2.56 bits per heavy atom. The summed E-state index contributed by atoms with van der Waals surface area (Å²) >= 11 is 4.94. The van der Waals surface area contributed by atoms with Gasteiger partial charge in [0.15, 0.2) is 5.11 Å². The van der Waals surface area contributed by atoms with Gasteiger partial charge in [0.1, 0.15) is 0 Å². The Morgan fingerprint density at radius 1 is 1.28 bits per heavy atom. The van der Waals surface area contributed by atoms with Crippen LogP contribution in [0.4, 0.5) is 0 Å². The Balaban J connectivity index is 2.46. The fourth-order valence-electron chi connectivity index (χ4n) is 1.19. The highest BCUT2D eigenvalue weighted by Crippen LogP contribution is 2.05. The maximum atomic E-state index is 11.8. The summed E-state index contributed by atoms with van der Waals surface area (Å²) in [5, 5.41) is 3.17. The van der Waals surface area contributed by atoms with Crippen LogP contribution in [-0.4, -0.2) is 20.1 Å². The third-order valence-electron chi connectivity index (χ3n) is 2.17. The Kier molecular flexibility index (Phi) is 6.03. The van der Waals surface area contributed by atoms with E-state index in [-0.39, 0.29) is 10.0 Å². The van der Waals surface area contributed by atoms with Crippen molar-refractivity contribution in [2.75, 3.05) is 6.54 Å². The minimum absolute atomic E-state index is 0.189. The summed E-state index contributed by atoms with van der Waals surface area (Å²) in [5.74, 6) is 0. The van der Waals surface area contributed by atoms with E-state index in [1.165, 1.54) is 12.1 Å². The van der Waals surface area contributed by atoms with Crippen molar-refractivity contribution in [3.05, 3.63) is 30.3 Å². The molecule has 0 aromatic heterocycles. The minimum atomic E-state index is -3.57. The molecule has 0 unspecified atom stereocenters. The highest BCUT2D eigenvalue weighted by Gasteiger charge is 2.12. The Hall–Kier alpha value is -1.18. The monoisotopic (exact) mass is 287 g/mol. The molecule has 0 aliphatic carbocycles. The van der Waals surface area contributed by atoms with Crippen LogP contribution in [0.5, 0.6) is 0 Å².